The molecule has 6 heteroatoms. The van der Waals surface area contributed by atoms with Gasteiger partial charge in [-0.1, -0.05) is 48.9 Å². The van der Waals surface area contributed by atoms with E-state index in [1.807, 2.05) is 18.2 Å². The second-order valence-corrected chi connectivity index (χ2v) is 9.01. The lowest BCUT2D eigenvalue weighted by Crippen LogP contribution is -2.45. The fraction of sp³-hybridized carbons (Fsp3) is 0.400. The lowest BCUT2D eigenvalue weighted by Gasteiger charge is -2.32. The molecule has 2 aliphatic rings. The van der Waals surface area contributed by atoms with Gasteiger partial charge in [-0.15, -0.1) is 0 Å². The molecule has 2 aromatic carbocycles. The average molecular weight is 438 g/mol. The van der Waals surface area contributed by atoms with Gasteiger partial charge in [0, 0.05) is 31.1 Å². The Morgan fingerprint density at radius 3 is 2.68 bits per heavy atom. The number of benzene rings is 2. The fourth-order valence-electron chi connectivity index (χ4n) is 4.76. The number of carbonyl (C=O) groups excluding carboxylic acids is 1. The number of carbonyl (C=O) groups is 1. The molecule has 5 nitrogen and oxygen atoms in total. The van der Waals surface area contributed by atoms with Gasteiger partial charge in [0.1, 0.15) is 17.5 Å². The van der Waals surface area contributed by atoms with Crippen molar-refractivity contribution in [2.45, 2.75) is 51.4 Å². The van der Waals surface area contributed by atoms with Crippen LogP contribution in [0.2, 0.25) is 5.02 Å². The fourth-order valence-corrected chi connectivity index (χ4v) is 4.96. The summed E-state index contributed by atoms with van der Waals surface area (Å²) in [4.78, 5) is 15.7. The van der Waals surface area contributed by atoms with Crippen LogP contribution in [0.4, 0.5) is 0 Å². The molecular weight excluding hydrogens is 410 g/mol. The molecule has 1 amide bonds. The molecule has 162 valence electrons. The molecule has 1 fully saturated rings. The Balaban J connectivity index is 1.29. The summed E-state index contributed by atoms with van der Waals surface area (Å²) in [5, 5.41) is 4.82. The third kappa shape index (κ3) is 4.04. The number of rotatable bonds is 5. The summed E-state index contributed by atoms with van der Waals surface area (Å²) in [5.74, 6) is 0.794. The van der Waals surface area contributed by atoms with E-state index in [0.717, 1.165) is 55.5 Å². The van der Waals surface area contributed by atoms with Gasteiger partial charge in [-0.25, -0.2) is 0 Å². The van der Waals surface area contributed by atoms with Crippen LogP contribution in [0.3, 0.4) is 0 Å². The van der Waals surface area contributed by atoms with E-state index < -0.39 is 0 Å². The van der Waals surface area contributed by atoms with Gasteiger partial charge in [-0.05, 0) is 43.0 Å². The zero-order valence-corrected chi connectivity index (χ0v) is 18.6. The lowest BCUT2D eigenvalue weighted by molar-refractivity contribution is 0.0893. The third-order valence-electron chi connectivity index (χ3n) is 6.51. The minimum absolute atomic E-state index is 0.0171. The topological polar surface area (TPSA) is 46.5 Å². The maximum absolute atomic E-state index is 13.2. The van der Waals surface area contributed by atoms with Gasteiger partial charge in [0.2, 0.25) is 0 Å². The second-order valence-electron chi connectivity index (χ2n) is 8.61. The van der Waals surface area contributed by atoms with Crippen LogP contribution in [-0.4, -0.2) is 40.6 Å². The van der Waals surface area contributed by atoms with Gasteiger partial charge in [-0.2, -0.15) is 0 Å². The molecule has 2 aliphatic heterocycles. The van der Waals surface area contributed by atoms with E-state index in [-0.39, 0.29) is 18.1 Å². The number of aromatic nitrogens is 1. The lowest BCUT2D eigenvalue weighted by atomic mass is 10.0. The van der Waals surface area contributed by atoms with Crippen molar-refractivity contribution < 1.29 is 9.53 Å². The molecule has 5 rings (SSSR count). The highest BCUT2D eigenvalue weighted by atomic mass is 35.5. The van der Waals surface area contributed by atoms with Crippen molar-refractivity contribution in [2.75, 3.05) is 13.1 Å². The Bertz CT molecular complexity index is 1090. The molecular formula is C25H28ClN3O2. The van der Waals surface area contributed by atoms with Crippen molar-refractivity contribution in [3.8, 4) is 5.75 Å². The van der Waals surface area contributed by atoms with Crippen LogP contribution in [0.5, 0.6) is 5.75 Å². The smallest absolute Gasteiger partial charge is 0.268 e. The predicted octanol–water partition coefficient (Wildman–Crippen LogP) is 4.86. The highest BCUT2D eigenvalue weighted by molar-refractivity contribution is 6.36. The van der Waals surface area contributed by atoms with Crippen LogP contribution in [0.25, 0.3) is 10.9 Å². The summed E-state index contributed by atoms with van der Waals surface area (Å²) in [6.07, 6.45) is 2.89. The molecule has 3 heterocycles. The van der Waals surface area contributed by atoms with Crippen molar-refractivity contribution in [3.05, 3.63) is 64.8 Å². The molecule has 1 atom stereocenters. The van der Waals surface area contributed by atoms with Crippen LogP contribution < -0.4 is 10.1 Å². The SMILES string of the molecule is CC[C@@H]1Cn2c(C(=O)NC3CCN(Cc4ccccc4)CC3)cc3c(Cl)ccc(c32)O1. The van der Waals surface area contributed by atoms with Crippen molar-refractivity contribution >= 4 is 28.4 Å². The zero-order chi connectivity index (χ0) is 21.4. The molecule has 1 saturated heterocycles. The summed E-state index contributed by atoms with van der Waals surface area (Å²) >= 11 is 6.44. The minimum Gasteiger partial charge on any atom is -0.486 e. The van der Waals surface area contributed by atoms with Gasteiger partial charge in [-0.3, -0.25) is 9.69 Å². The number of nitrogens with zero attached hydrogens (tertiary/aromatic N) is 2. The van der Waals surface area contributed by atoms with Gasteiger partial charge >= 0.3 is 0 Å². The number of hydrogen-bond acceptors (Lipinski definition) is 3. The summed E-state index contributed by atoms with van der Waals surface area (Å²) in [7, 11) is 0. The Morgan fingerprint density at radius 2 is 1.94 bits per heavy atom. The van der Waals surface area contributed by atoms with Gasteiger partial charge in [0.05, 0.1) is 17.1 Å². The first-order valence-corrected chi connectivity index (χ1v) is 11.6. The van der Waals surface area contributed by atoms with E-state index >= 15 is 0 Å². The number of halogens is 1. The van der Waals surface area contributed by atoms with Crippen molar-refractivity contribution in [2.24, 2.45) is 0 Å². The zero-order valence-electron chi connectivity index (χ0n) is 17.8. The number of piperidine rings is 1. The number of ether oxygens (including phenoxy) is 1. The summed E-state index contributed by atoms with van der Waals surface area (Å²) in [6, 6.07) is 16.4. The third-order valence-corrected chi connectivity index (χ3v) is 6.84. The molecule has 3 aromatic rings. The van der Waals surface area contributed by atoms with E-state index in [1.165, 1.54) is 5.56 Å². The summed E-state index contributed by atoms with van der Waals surface area (Å²) in [6.45, 7) is 5.73. The highest BCUT2D eigenvalue weighted by Crippen LogP contribution is 2.38. The Kier molecular flexibility index (Phi) is 5.63. The molecule has 1 aromatic heterocycles. The van der Waals surface area contributed by atoms with Crippen LogP contribution in [0, 0.1) is 0 Å². The van der Waals surface area contributed by atoms with E-state index in [9.17, 15) is 4.79 Å². The van der Waals surface area contributed by atoms with Crippen LogP contribution in [0.15, 0.2) is 48.5 Å². The second kappa shape index (κ2) is 8.56. The Hall–Kier alpha value is -2.50. The van der Waals surface area contributed by atoms with Crippen molar-refractivity contribution in [1.82, 2.24) is 14.8 Å². The van der Waals surface area contributed by atoms with Gasteiger partial charge < -0.3 is 14.6 Å². The largest absolute Gasteiger partial charge is 0.486 e. The first-order chi connectivity index (χ1) is 15.1. The maximum Gasteiger partial charge on any atom is 0.268 e. The van der Waals surface area contributed by atoms with Crippen LogP contribution in [0.1, 0.15) is 42.2 Å². The molecule has 0 aliphatic carbocycles. The summed E-state index contributed by atoms with van der Waals surface area (Å²) < 4.78 is 8.19. The number of amides is 1. The van der Waals surface area contributed by atoms with Crippen LogP contribution >= 0.6 is 11.6 Å². The van der Waals surface area contributed by atoms with E-state index in [2.05, 4.69) is 52.0 Å². The monoisotopic (exact) mass is 437 g/mol. The van der Waals surface area contributed by atoms with E-state index in [1.54, 1.807) is 0 Å². The molecule has 0 spiro atoms. The molecule has 0 unspecified atom stereocenters. The standard InChI is InChI=1S/C25H28ClN3O2/c1-2-19-16-29-22(14-20-21(26)8-9-23(31-19)24(20)29)25(30)27-18-10-12-28(13-11-18)15-17-6-4-3-5-7-17/h3-9,14,18-19H,2,10-13,15-16H2,1H3,(H,27,30)/t19-/m1/s1. The first kappa shape index (κ1) is 20.4. The van der Waals surface area contributed by atoms with Gasteiger partial charge in [0.25, 0.3) is 5.91 Å². The maximum atomic E-state index is 13.2. The first-order valence-electron chi connectivity index (χ1n) is 11.2. The van der Waals surface area contributed by atoms with E-state index in [4.69, 9.17) is 16.3 Å². The van der Waals surface area contributed by atoms with Crippen molar-refractivity contribution in [3.63, 3.8) is 0 Å². The highest BCUT2D eigenvalue weighted by Gasteiger charge is 2.28. The number of nitrogens with one attached hydrogen (secondary N) is 1. The quantitative estimate of drug-likeness (QED) is 0.620. The number of likely N-dealkylation sites (tertiary alicyclic amines) is 1. The van der Waals surface area contributed by atoms with Crippen LogP contribution in [-0.2, 0) is 13.1 Å². The molecule has 31 heavy (non-hydrogen) atoms. The summed E-state index contributed by atoms with van der Waals surface area (Å²) in [5.41, 5.74) is 2.95. The average Bonchev–Trinajstić information content (AvgIpc) is 3.19. The molecule has 0 radical (unpaired) electrons. The molecule has 0 bridgehead atoms. The molecule has 1 N–H and O–H groups in total. The Morgan fingerprint density at radius 1 is 1.16 bits per heavy atom. The van der Waals surface area contributed by atoms with Gasteiger partial charge in [0.15, 0.2) is 0 Å². The normalized spacial score (nSPS) is 19.4. The minimum atomic E-state index is -0.0171. The molecule has 0 saturated carbocycles. The van der Waals surface area contributed by atoms with Crippen molar-refractivity contribution in [1.29, 1.82) is 0 Å². The number of hydrogen-bond donors (Lipinski definition) is 1. The predicted molar refractivity (Wildman–Crippen MR) is 124 cm³/mol. The Labute approximate surface area is 187 Å². The van der Waals surface area contributed by atoms with E-state index in [0.29, 0.717) is 17.3 Å².